The molecule has 0 aliphatic heterocycles. The van der Waals surface area contributed by atoms with E-state index in [-0.39, 0.29) is 6.61 Å². The van der Waals surface area contributed by atoms with Crippen molar-refractivity contribution in [2.24, 2.45) is 5.92 Å². The molecule has 0 spiro atoms. The van der Waals surface area contributed by atoms with Gasteiger partial charge in [0.15, 0.2) is 0 Å². The van der Waals surface area contributed by atoms with Gasteiger partial charge in [0.05, 0.1) is 5.60 Å². The van der Waals surface area contributed by atoms with E-state index in [9.17, 15) is 5.11 Å². The summed E-state index contributed by atoms with van der Waals surface area (Å²) in [6.45, 7) is 2.24. The van der Waals surface area contributed by atoms with E-state index in [1.54, 1.807) is 0 Å². The van der Waals surface area contributed by atoms with Gasteiger partial charge < -0.3 is 10.2 Å². The molecule has 1 aliphatic rings. The van der Waals surface area contributed by atoms with Crippen LogP contribution in [0.1, 0.15) is 45.4 Å². The first-order valence-corrected chi connectivity index (χ1v) is 5.06. The Labute approximate surface area is 74.6 Å². The fraction of sp³-hybridized carbons (Fsp3) is 1.00. The Morgan fingerprint density at radius 3 is 2.75 bits per heavy atom. The van der Waals surface area contributed by atoms with Gasteiger partial charge in [-0.05, 0) is 25.2 Å². The summed E-state index contributed by atoms with van der Waals surface area (Å²) >= 11 is 0. The van der Waals surface area contributed by atoms with Crippen LogP contribution in [0, 0.1) is 5.92 Å². The molecule has 0 bridgehead atoms. The number of hydrogen-bond donors (Lipinski definition) is 2. The van der Waals surface area contributed by atoms with Crippen molar-refractivity contribution in [1.29, 1.82) is 0 Å². The van der Waals surface area contributed by atoms with Crippen LogP contribution in [-0.4, -0.2) is 22.4 Å². The Bertz CT molecular complexity index is 132. The molecule has 2 heteroatoms. The van der Waals surface area contributed by atoms with Gasteiger partial charge in [0.25, 0.3) is 0 Å². The van der Waals surface area contributed by atoms with Crippen molar-refractivity contribution in [3.05, 3.63) is 0 Å². The van der Waals surface area contributed by atoms with Gasteiger partial charge in [-0.25, -0.2) is 0 Å². The molecule has 1 fully saturated rings. The smallest absolute Gasteiger partial charge is 0.0697 e. The van der Waals surface area contributed by atoms with Gasteiger partial charge >= 0.3 is 0 Å². The lowest BCUT2D eigenvalue weighted by Gasteiger charge is -2.39. The van der Waals surface area contributed by atoms with Crippen molar-refractivity contribution in [2.45, 2.75) is 51.0 Å². The molecule has 72 valence electrons. The molecule has 2 nitrogen and oxygen atoms in total. The molecule has 0 unspecified atom stereocenters. The molecule has 1 rings (SSSR count). The summed E-state index contributed by atoms with van der Waals surface area (Å²) in [6.07, 6.45) is 5.97. The molecule has 1 aliphatic carbocycles. The summed E-state index contributed by atoms with van der Waals surface area (Å²) < 4.78 is 0. The molecule has 1 saturated carbocycles. The third kappa shape index (κ3) is 1.99. The SMILES string of the molecule is CC[C@H]1CCCC[C@]1(O)CCO. The third-order valence-electron chi connectivity index (χ3n) is 3.21. The van der Waals surface area contributed by atoms with Crippen LogP contribution in [0.5, 0.6) is 0 Å². The number of aliphatic hydroxyl groups is 2. The molecule has 0 saturated heterocycles. The topological polar surface area (TPSA) is 40.5 Å². The van der Waals surface area contributed by atoms with Crippen molar-refractivity contribution in [3.63, 3.8) is 0 Å². The van der Waals surface area contributed by atoms with E-state index in [1.165, 1.54) is 6.42 Å². The Balaban J connectivity index is 2.55. The summed E-state index contributed by atoms with van der Waals surface area (Å²) in [5, 5.41) is 19.0. The lowest BCUT2D eigenvalue weighted by atomic mass is 9.72. The molecule has 0 aromatic rings. The second-order valence-electron chi connectivity index (χ2n) is 3.93. The van der Waals surface area contributed by atoms with Crippen molar-refractivity contribution < 1.29 is 10.2 Å². The van der Waals surface area contributed by atoms with Crippen molar-refractivity contribution >= 4 is 0 Å². The Morgan fingerprint density at radius 1 is 1.42 bits per heavy atom. The first kappa shape index (κ1) is 10.0. The molecule has 0 aromatic heterocycles. The van der Waals surface area contributed by atoms with Crippen LogP contribution in [-0.2, 0) is 0 Å². The highest BCUT2D eigenvalue weighted by Gasteiger charge is 2.36. The average Bonchev–Trinajstić information content (AvgIpc) is 2.05. The van der Waals surface area contributed by atoms with E-state index in [0.717, 1.165) is 25.7 Å². The minimum Gasteiger partial charge on any atom is -0.396 e. The third-order valence-corrected chi connectivity index (χ3v) is 3.21. The molecule has 2 N–H and O–H groups in total. The summed E-state index contributed by atoms with van der Waals surface area (Å²) in [5.41, 5.74) is -0.554. The van der Waals surface area contributed by atoms with Crippen LogP contribution in [0.15, 0.2) is 0 Å². The van der Waals surface area contributed by atoms with E-state index in [0.29, 0.717) is 12.3 Å². The van der Waals surface area contributed by atoms with Crippen molar-refractivity contribution in [3.8, 4) is 0 Å². The Hall–Kier alpha value is -0.0800. The fourth-order valence-electron chi connectivity index (χ4n) is 2.40. The van der Waals surface area contributed by atoms with Crippen LogP contribution in [0.4, 0.5) is 0 Å². The zero-order chi connectivity index (χ0) is 9.03. The van der Waals surface area contributed by atoms with Gasteiger partial charge in [-0.15, -0.1) is 0 Å². The Morgan fingerprint density at radius 2 is 2.17 bits per heavy atom. The normalized spacial score (nSPS) is 36.8. The summed E-state index contributed by atoms with van der Waals surface area (Å²) in [5.74, 6) is 0.415. The zero-order valence-corrected chi connectivity index (χ0v) is 7.92. The largest absolute Gasteiger partial charge is 0.396 e. The average molecular weight is 172 g/mol. The second-order valence-corrected chi connectivity index (χ2v) is 3.93. The second kappa shape index (κ2) is 4.24. The molecule has 0 radical (unpaired) electrons. The summed E-state index contributed by atoms with van der Waals surface area (Å²) in [6, 6.07) is 0. The molecule has 2 atom stereocenters. The van der Waals surface area contributed by atoms with Gasteiger partial charge in [0.1, 0.15) is 0 Å². The maximum Gasteiger partial charge on any atom is 0.0697 e. The predicted octanol–water partition coefficient (Wildman–Crippen LogP) is 1.70. The van der Waals surface area contributed by atoms with Crippen LogP contribution < -0.4 is 0 Å². The van der Waals surface area contributed by atoms with Gasteiger partial charge in [0, 0.05) is 6.61 Å². The minimum atomic E-state index is -0.554. The van der Waals surface area contributed by atoms with E-state index < -0.39 is 5.60 Å². The predicted molar refractivity (Wildman–Crippen MR) is 48.9 cm³/mol. The van der Waals surface area contributed by atoms with Crippen LogP contribution in [0.3, 0.4) is 0 Å². The molecular weight excluding hydrogens is 152 g/mol. The zero-order valence-electron chi connectivity index (χ0n) is 7.92. The van der Waals surface area contributed by atoms with Gasteiger partial charge in [-0.3, -0.25) is 0 Å². The number of hydrogen-bond acceptors (Lipinski definition) is 2. The molecule has 12 heavy (non-hydrogen) atoms. The quantitative estimate of drug-likeness (QED) is 0.680. The van der Waals surface area contributed by atoms with E-state index in [2.05, 4.69) is 6.92 Å². The van der Waals surface area contributed by atoms with E-state index in [1.807, 2.05) is 0 Å². The highest BCUT2D eigenvalue weighted by atomic mass is 16.3. The van der Waals surface area contributed by atoms with Crippen LogP contribution >= 0.6 is 0 Å². The first-order valence-electron chi connectivity index (χ1n) is 5.06. The van der Waals surface area contributed by atoms with Crippen LogP contribution in [0.2, 0.25) is 0 Å². The monoisotopic (exact) mass is 172 g/mol. The van der Waals surface area contributed by atoms with Gasteiger partial charge in [0.2, 0.25) is 0 Å². The van der Waals surface area contributed by atoms with Crippen molar-refractivity contribution in [2.75, 3.05) is 6.61 Å². The fourth-order valence-corrected chi connectivity index (χ4v) is 2.40. The lowest BCUT2D eigenvalue weighted by Crippen LogP contribution is -2.41. The molecule has 0 heterocycles. The first-order chi connectivity index (χ1) is 5.73. The maximum atomic E-state index is 10.2. The Kier molecular flexibility index (Phi) is 3.53. The lowest BCUT2D eigenvalue weighted by molar-refractivity contribution is -0.0651. The molecule has 0 aromatic carbocycles. The number of aliphatic hydroxyl groups excluding tert-OH is 1. The summed E-state index contributed by atoms with van der Waals surface area (Å²) in [7, 11) is 0. The van der Waals surface area contributed by atoms with Gasteiger partial charge in [-0.1, -0.05) is 26.2 Å². The standard InChI is InChI=1S/C10H20O2/c1-2-9-5-3-4-6-10(9,12)7-8-11/h9,11-12H,2-8H2,1H3/t9-,10-/m0/s1. The van der Waals surface area contributed by atoms with Crippen LogP contribution in [0.25, 0.3) is 0 Å². The number of rotatable bonds is 3. The maximum absolute atomic E-state index is 10.2. The highest BCUT2D eigenvalue weighted by molar-refractivity contribution is 4.88. The highest BCUT2D eigenvalue weighted by Crippen LogP contribution is 2.37. The van der Waals surface area contributed by atoms with E-state index >= 15 is 0 Å². The van der Waals surface area contributed by atoms with Crippen molar-refractivity contribution in [1.82, 2.24) is 0 Å². The van der Waals surface area contributed by atoms with E-state index in [4.69, 9.17) is 5.11 Å². The van der Waals surface area contributed by atoms with Gasteiger partial charge in [-0.2, -0.15) is 0 Å². The molecule has 0 amide bonds. The minimum absolute atomic E-state index is 0.118. The summed E-state index contributed by atoms with van der Waals surface area (Å²) in [4.78, 5) is 0. The molecular formula is C10H20O2.